The molecule has 0 spiro atoms. The molecule has 2 aliphatic rings. The molecule has 78 valence electrons. The SMILES string of the molecule is C=C(C)C1CCCC2CCC(C)=CC21. The fourth-order valence-corrected chi connectivity index (χ4v) is 3.30. The summed E-state index contributed by atoms with van der Waals surface area (Å²) in [5.41, 5.74) is 3.02. The van der Waals surface area contributed by atoms with Gasteiger partial charge in [0.15, 0.2) is 0 Å². The summed E-state index contributed by atoms with van der Waals surface area (Å²) in [4.78, 5) is 0. The standard InChI is InChI=1S/C14H22/c1-10(2)13-6-4-5-12-8-7-11(3)9-14(12)13/h9,12-14H,1,4-8H2,2-3H3. The molecule has 0 heterocycles. The van der Waals surface area contributed by atoms with Gasteiger partial charge in [-0.05, 0) is 57.3 Å². The maximum atomic E-state index is 4.17. The molecule has 1 saturated carbocycles. The molecule has 3 unspecified atom stereocenters. The Morgan fingerprint density at radius 3 is 2.86 bits per heavy atom. The van der Waals surface area contributed by atoms with E-state index in [4.69, 9.17) is 0 Å². The number of hydrogen-bond acceptors (Lipinski definition) is 0. The van der Waals surface area contributed by atoms with Crippen LogP contribution in [0, 0.1) is 17.8 Å². The van der Waals surface area contributed by atoms with E-state index in [-0.39, 0.29) is 0 Å². The van der Waals surface area contributed by atoms with Crippen LogP contribution >= 0.6 is 0 Å². The number of fused-ring (bicyclic) bond motifs is 1. The molecule has 0 aliphatic heterocycles. The van der Waals surface area contributed by atoms with Crippen LogP contribution in [0.4, 0.5) is 0 Å². The Hall–Kier alpha value is -0.520. The summed E-state index contributed by atoms with van der Waals surface area (Å²) in [5.74, 6) is 2.58. The van der Waals surface area contributed by atoms with Crippen LogP contribution in [0.5, 0.6) is 0 Å². The minimum Gasteiger partial charge on any atom is -0.0998 e. The molecular weight excluding hydrogens is 168 g/mol. The van der Waals surface area contributed by atoms with Gasteiger partial charge in [-0.3, -0.25) is 0 Å². The molecule has 0 heteroatoms. The zero-order valence-corrected chi connectivity index (χ0v) is 9.55. The van der Waals surface area contributed by atoms with Crippen LogP contribution in [-0.4, -0.2) is 0 Å². The van der Waals surface area contributed by atoms with Crippen molar-refractivity contribution < 1.29 is 0 Å². The normalized spacial score (nSPS) is 37.3. The van der Waals surface area contributed by atoms with E-state index in [0.29, 0.717) is 0 Å². The maximum absolute atomic E-state index is 4.17. The van der Waals surface area contributed by atoms with Crippen LogP contribution in [-0.2, 0) is 0 Å². The third-order valence-electron chi connectivity index (χ3n) is 4.12. The summed E-state index contributed by atoms with van der Waals surface area (Å²) in [5, 5.41) is 0. The molecule has 14 heavy (non-hydrogen) atoms. The summed E-state index contributed by atoms with van der Waals surface area (Å²) in [6, 6.07) is 0. The lowest BCUT2D eigenvalue weighted by Gasteiger charge is -2.40. The van der Waals surface area contributed by atoms with Gasteiger partial charge in [0.2, 0.25) is 0 Å². The fourth-order valence-electron chi connectivity index (χ4n) is 3.30. The van der Waals surface area contributed by atoms with Crippen LogP contribution in [0.1, 0.15) is 46.0 Å². The van der Waals surface area contributed by atoms with E-state index in [0.717, 1.165) is 17.8 Å². The van der Waals surface area contributed by atoms with Crippen LogP contribution in [0.25, 0.3) is 0 Å². The van der Waals surface area contributed by atoms with Crippen molar-refractivity contribution in [2.24, 2.45) is 17.8 Å². The van der Waals surface area contributed by atoms with Gasteiger partial charge in [-0.15, -0.1) is 0 Å². The highest BCUT2D eigenvalue weighted by Gasteiger charge is 2.33. The Balaban J connectivity index is 2.19. The molecule has 2 aliphatic carbocycles. The van der Waals surface area contributed by atoms with Crippen LogP contribution in [0.15, 0.2) is 23.8 Å². The Morgan fingerprint density at radius 1 is 1.36 bits per heavy atom. The largest absolute Gasteiger partial charge is 0.0998 e. The van der Waals surface area contributed by atoms with Crippen LogP contribution in [0.3, 0.4) is 0 Å². The van der Waals surface area contributed by atoms with E-state index in [2.05, 4.69) is 26.5 Å². The first-order valence-corrected chi connectivity index (χ1v) is 6.01. The molecule has 1 fully saturated rings. The highest BCUT2D eigenvalue weighted by atomic mass is 14.4. The first-order chi connectivity index (χ1) is 6.68. The van der Waals surface area contributed by atoms with Crippen molar-refractivity contribution >= 4 is 0 Å². The maximum Gasteiger partial charge on any atom is -0.0137 e. The van der Waals surface area contributed by atoms with Gasteiger partial charge in [0.25, 0.3) is 0 Å². The second-order valence-electron chi connectivity index (χ2n) is 5.27. The second kappa shape index (κ2) is 3.92. The van der Waals surface area contributed by atoms with Gasteiger partial charge >= 0.3 is 0 Å². The third-order valence-corrected chi connectivity index (χ3v) is 4.12. The molecule has 0 N–H and O–H groups in total. The Labute approximate surface area is 88.1 Å². The lowest BCUT2D eigenvalue weighted by molar-refractivity contribution is 0.199. The summed E-state index contributed by atoms with van der Waals surface area (Å²) < 4.78 is 0. The van der Waals surface area contributed by atoms with Gasteiger partial charge in [0, 0.05) is 0 Å². The highest BCUT2D eigenvalue weighted by molar-refractivity contribution is 5.14. The topological polar surface area (TPSA) is 0 Å². The van der Waals surface area contributed by atoms with E-state index in [9.17, 15) is 0 Å². The van der Waals surface area contributed by atoms with E-state index in [1.807, 2.05) is 0 Å². The Bertz CT molecular complexity index is 259. The molecule has 0 nitrogen and oxygen atoms in total. The average Bonchev–Trinajstić information content (AvgIpc) is 2.16. The molecule has 0 saturated heterocycles. The minimum atomic E-state index is 0.781. The van der Waals surface area contributed by atoms with Gasteiger partial charge < -0.3 is 0 Å². The van der Waals surface area contributed by atoms with Crippen LogP contribution < -0.4 is 0 Å². The molecule has 0 bridgehead atoms. The van der Waals surface area contributed by atoms with Crippen molar-refractivity contribution in [1.82, 2.24) is 0 Å². The van der Waals surface area contributed by atoms with Crippen molar-refractivity contribution in [3.05, 3.63) is 23.8 Å². The number of rotatable bonds is 1. The van der Waals surface area contributed by atoms with Crippen molar-refractivity contribution in [3.63, 3.8) is 0 Å². The van der Waals surface area contributed by atoms with Gasteiger partial charge in [0.05, 0.1) is 0 Å². The first kappa shape index (κ1) is 10.0. The average molecular weight is 190 g/mol. The van der Waals surface area contributed by atoms with Crippen molar-refractivity contribution in [3.8, 4) is 0 Å². The zero-order chi connectivity index (χ0) is 10.1. The molecule has 2 rings (SSSR count). The van der Waals surface area contributed by atoms with E-state index in [1.165, 1.54) is 37.7 Å². The molecule has 0 aromatic heterocycles. The quantitative estimate of drug-likeness (QED) is 0.540. The predicted octanol–water partition coefficient (Wildman–Crippen LogP) is 4.34. The Morgan fingerprint density at radius 2 is 2.14 bits per heavy atom. The summed E-state index contributed by atoms with van der Waals surface area (Å²) in [6.45, 7) is 8.67. The monoisotopic (exact) mass is 190 g/mol. The van der Waals surface area contributed by atoms with Crippen molar-refractivity contribution in [2.75, 3.05) is 0 Å². The molecule has 0 amide bonds. The highest BCUT2D eigenvalue weighted by Crippen LogP contribution is 2.44. The molecule has 0 aromatic rings. The summed E-state index contributed by atoms with van der Waals surface area (Å²) in [7, 11) is 0. The number of allylic oxidation sites excluding steroid dienone is 3. The first-order valence-electron chi connectivity index (χ1n) is 6.01. The zero-order valence-electron chi connectivity index (χ0n) is 9.55. The van der Waals surface area contributed by atoms with Crippen LogP contribution in [0.2, 0.25) is 0 Å². The molecular formula is C14H22. The Kier molecular flexibility index (Phi) is 2.80. The molecule has 0 aromatic carbocycles. The van der Waals surface area contributed by atoms with Gasteiger partial charge in [-0.1, -0.05) is 30.2 Å². The van der Waals surface area contributed by atoms with Gasteiger partial charge in [0.1, 0.15) is 0 Å². The van der Waals surface area contributed by atoms with Crippen molar-refractivity contribution in [1.29, 1.82) is 0 Å². The van der Waals surface area contributed by atoms with Gasteiger partial charge in [-0.25, -0.2) is 0 Å². The lowest BCUT2D eigenvalue weighted by Crippen LogP contribution is -2.29. The van der Waals surface area contributed by atoms with E-state index < -0.39 is 0 Å². The third kappa shape index (κ3) is 1.80. The van der Waals surface area contributed by atoms with E-state index in [1.54, 1.807) is 5.57 Å². The summed E-state index contributed by atoms with van der Waals surface area (Å²) in [6.07, 6.45) is 9.57. The van der Waals surface area contributed by atoms with Crippen molar-refractivity contribution in [2.45, 2.75) is 46.0 Å². The van der Waals surface area contributed by atoms with Gasteiger partial charge in [-0.2, -0.15) is 0 Å². The summed E-state index contributed by atoms with van der Waals surface area (Å²) >= 11 is 0. The smallest absolute Gasteiger partial charge is 0.0137 e. The second-order valence-corrected chi connectivity index (χ2v) is 5.27. The predicted molar refractivity (Wildman–Crippen MR) is 62.1 cm³/mol. The number of hydrogen-bond donors (Lipinski definition) is 0. The molecule has 0 radical (unpaired) electrons. The molecule has 3 atom stereocenters. The minimum absolute atomic E-state index is 0.781. The lowest BCUT2D eigenvalue weighted by atomic mass is 9.65. The fraction of sp³-hybridized carbons (Fsp3) is 0.714. The van der Waals surface area contributed by atoms with E-state index >= 15 is 0 Å².